The van der Waals surface area contributed by atoms with Crippen molar-refractivity contribution < 1.29 is 27.4 Å². The molecule has 10 heteroatoms. The Kier molecular flexibility index (Phi) is 8.02. The fourth-order valence-electron chi connectivity index (χ4n) is 3.14. The van der Waals surface area contributed by atoms with Gasteiger partial charge in [0.15, 0.2) is 11.5 Å². The van der Waals surface area contributed by atoms with Gasteiger partial charge in [-0.2, -0.15) is 0 Å². The summed E-state index contributed by atoms with van der Waals surface area (Å²) in [5.74, 6) is 1.02. The summed E-state index contributed by atoms with van der Waals surface area (Å²) >= 11 is 6.16. The van der Waals surface area contributed by atoms with Gasteiger partial charge in [-0.25, -0.2) is 8.42 Å². The molecule has 2 atom stereocenters. The topological polar surface area (TPSA) is 94.2 Å². The van der Waals surface area contributed by atoms with Crippen molar-refractivity contribution in [1.29, 1.82) is 0 Å². The molecule has 0 saturated heterocycles. The average molecular weight is 471 g/mol. The molecule has 1 amide bonds. The van der Waals surface area contributed by atoms with Crippen molar-refractivity contribution in [1.82, 2.24) is 5.32 Å². The monoisotopic (exact) mass is 470 g/mol. The number of hydrogen-bond acceptors (Lipinski definition) is 6. The Balaban J connectivity index is 2.28. The van der Waals surface area contributed by atoms with E-state index >= 15 is 0 Å². The largest absolute Gasteiger partial charge is 0.495 e. The molecular formula is C21H27ClN2O6S. The SMILES string of the molecule is COc1ccc(N([C@H](C)C(=O)N[C@H](C)c2ccc(OC)c(OC)c2)S(C)(=O)=O)cc1Cl. The van der Waals surface area contributed by atoms with Gasteiger partial charge in [0.2, 0.25) is 15.9 Å². The molecule has 0 heterocycles. The molecule has 0 aliphatic rings. The number of rotatable bonds is 9. The predicted octanol–water partition coefficient (Wildman–Crippen LogP) is 3.40. The lowest BCUT2D eigenvalue weighted by atomic mass is 10.1. The number of nitrogens with one attached hydrogen (secondary N) is 1. The molecule has 0 radical (unpaired) electrons. The third kappa shape index (κ3) is 5.74. The molecule has 0 aliphatic heterocycles. The van der Waals surface area contributed by atoms with Gasteiger partial charge in [0.1, 0.15) is 11.8 Å². The normalized spacial score (nSPS) is 13.1. The number of anilines is 1. The molecule has 0 fully saturated rings. The first-order valence-electron chi connectivity index (χ1n) is 9.38. The lowest BCUT2D eigenvalue weighted by Crippen LogP contribution is -2.48. The van der Waals surface area contributed by atoms with E-state index in [1.54, 1.807) is 31.2 Å². The van der Waals surface area contributed by atoms with E-state index in [-0.39, 0.29) is 10.7 Å². The van der Waals surface area contributed by atoms with E-state index in [0.717, 1.165) is 16.1 Å². The number of halogens is 1. The summed E-state index contributed by atoms with van der Waals surface area (Å²) < 4.78 is 41.7. The smallest absolute Gasteiger partial charge is 0.244 e. The highest BCUT2D eigenvalue weighted by Gasteiger charge is 2.30. The van der Waals surface area contributed by atoms with Crippen LogP contribution in [0.3, 0.4) is 0 Å². The van der Waals surface area contributed by atoms with Crippen molar-refractivity contribution >= 4 is 33.2 Å². The summed E-state index contributed by atoms with van der Waals surface area (Å²) in [6.07, 6.45) is 1.03. The van der Waals surface area contributed by atoms with E-state index in [4.69, 9.17) is 25.8 Å². The Hall–Kier alpha value is -2.65. The van der Waals surface area contributed by atoms with Gasteiger partial charge in [-0.3, -0.25) is 9.10 Å². The summed E-state index contributed by atoms with van der Waals surface area (Å²) in [7, 11) is 0.739. The first-order valence-corrected chi connectivity index (χ1v) is 11.6. The standard InChI is InChI=1S/C21H27ClN2O6S/c1-13(15-7-9-19(29-4)20(11-15)30-5)23-21(25)14(2)24(31(6,26)27)16-8-10-18(28-3)17(22)12-16/h7-14H,1-6H3,(H,23,25)/t13-,14-/m1/s1. The van der Waals surface area contributed by atoms with Gasteiger partial charge in [-0.05, 0) is 49.7 Å². The molecule has 2 aromatic rings. The van der Waals surface area contributed by atoms with Crippen LogP contribution in [0, 0.1) is 0 Å². The zero-order valence-electron chi connectivity index (χ0n) is 18.3. The van der Waals surface area contributed by atoms with Crippen molar-refractivity contribution in [3.63, 3.8) is 0 Å². The summed E-state index contributed by atoms with van der Waals surface area (Å²) in [5, 5.41) is 3.08. The van der Waals surface area contributed by atoms with Crippen LogP contribution in [-0.4, -0.2) is 48.0 Å². The van der Waals surface area contributed by atoms with E-state index < -0.39 is 28.0 Å². The van der Waals surface area contributed by atoms with Crippen LogP contribution in [0.1, 0.15) is 25.5 Å². The van der Waals surface area contributed by atoms with Crippen molar-refractivity contribution in [2.24, 2.45) is 0 Å². The predicted molar refractivity (Wildman–Crippen MR) is 121 cm³/mol. The molecular weight excluding hydrogens is 444 g/mol. The molecule has 2 rings (SSSR count). The van der Waals surface area contributed by atoms with Gasteiger partial charge in [-0.15, -0.1) is 0 Å². The van der Waals surface area contributed by atoms with E-state index in [0.29, 0.717) is 17.2 Å². The first kappa shape index (κ1) is 24.6. The molecule has 0 aromatic heterocycles. The van der Waals surface area contributed by atoms with Gasteiger partial charge in [0.05, 0.1) is 44.3 Å². The van der Waals surface area contributed by atoms with E-state index in [1.807, 2.05) is 0 Å². The number of sulfonamides is 1. The number of carbonyl (C=O) groups excluding carboxylic acids is 1. The van der Waals surface area contributed by atoms with E-state index in [1.165, 1.54) is 40.4 Å². The number of methoxy groups -OCH3 is 3. The highest BCUT2D eigenvalue weighted by Crippen LogP contribution is 2.32. The number of benzene rings is 2. The number of carbonyl (C=O) groups is 1. The second-order valence-electron chi connectivity index (χ2n) is 6.90. The van der Waals surface area contributed by atoms with Gasteiger partial charge in [-0.1, -0.05) is 17.7 Å². The third-order valence-electron chi connectivity index (χ3n) is 4.74. The number of ether oxygens (including phenoxy) is 3. The second-order valence-corrected chi connectivity index (χ2v) is 9.16. The molecule has 0 unspecified atom stereocenters. The van der Waals surface area contributed by atoms with Gasteiger partial charge < -0.3 is 19.5 Å². The van der Waals surface area contributed by atoms with Crippen LogP contribution in [0.2, 0.25) is 5.02 Å². The van der Waals surface area contributed by atoms with Crippen molar-refractivity contribution in [2.75, 3.05) is 31.9 Å². The van der Waals surface area contributed by atoms with E-state index in [2.05, 4.69) is 5.32 Å². The molecule has 170 valence electrons. The minimum atomic E-state index is -3.78. The summed E-state index contributed by atoms with van der Waals surface area (Å²) in [4.78, 5) is 12.9. The Bertz CT molecular complexity index is 1040. The maximum atomic E-state index is 12.9. The quantitative estimate of drug-likeness (QED) is 0.603. The highest BCUT2D eigenvalue weighted by atomic mass is 35.5. The van der Waals surface area contributed by atoms with Gasteiger partial charge >= 0.3 is 0 Å². The number of nitrogens with zero attached hydrogens (tertiary/aromatic N) is 1. The molecule has 0 bridgehead atoms. The number of amides is 1. The molecule has 0 saturated carbocycles. The zero-order chi connectivity index (χ0) is 23.3. The maximum Gasteiger partial charge on any atom is 0.244 e. The van der Waals surface area contributed by atoms with Crippen LogP contribution >= 0.6 is 11.6 Å². The maximum absolute atomic E-state index is 12.9. The first-order chi connectivity index (χ1) is 14.5. The van der Waals surface area contributed by atoms with Crippen LogP contribution < -0.4 is 23.8 Å². The van der Waals surface area contributed by atoms with Crippen molar-refractivity contribution in [3.8, 4) is 17.2 Å². The summed E-state index contributed by atoms with van der Waals surface area (Å²) in [6, 6.07) is 8.39. The molecule has 0 aliphatic carbocycles. The van der Waals surface area contributed by atoms with Gasteiger partial charge in [0, 0.05) is 0 Å². The lowest BCUT2D eigenvalue weighted by Gasteiger charge is -2.29. The second kappa shape index (κ2) is 10.1. The van der Waals surface area contributed by atoms with Crippen LogP contribution in [-0.2, 0) is 14.8 Å². The molecule has 1 N–H and O–H groups in total. The Morgan fingerprint density at radius 2 is 1.55 bits per heavy atom. The minimum Gasteiger partial charge on any atom is -0.495 e. The molecule has 31 heavy (non-hydrogen) atoms. The molecule has 2 aromatic carbocycles. The van der Waals surface area contributed by atoms with Crippen LogP contribution in [0.15, 0.2) is 36.4 Å². The average Bonchev–Trinajstić information content (AvgIpc) is 2.72. The van der Waals surface area contributed by atoms with Crippen molar-refractivity contribution in [3.05, 3.63) is 47.0 Å². The Morgan fingerprint density at radius 1 is 0.968 bits per heavy atom. The lowest BCUT2D eigenvalue weighted by molar-refractivity contribution is -0.122. The third-order valence-corrected chi connectivity index (χ3v) is 6.28. The zero-order valence-corrected chi connectivity index (χ0v) is 19.9. The van der Waals surface area contributed by atoms with E-state index in [9.17, 15) is 13.2 Å². The number of hydrogen-bond donors (Lipinski definition) is 1. The van der Waals surface area contributed by atoms with Gasteiger partial charge in [0.25, 0.3) is 0 Å². The van der Waals surface area contributed by atoms with Crippen molar-refractivity contribution in [2.45, 2.75) is 25.9 Å². The van der Waals surface area contributed by atoms with Crippen LogP contribution in [0.4, 0.5) is 5.69 Å². The Labute approximate surface area is 188 Å². The summed E-state index contributed by atoms with van der Waals surface area (Å²) in [6.45, 7) is 3.30. The Morgan fingerprint density at radius 3 is 2.06 bits per heavy atom. The van der Waals surface area contributed by atoms with Crippen LogP contribution in [0.25, 0.3) is 0 Å². The fourth-order valence-corrected chi connectivity index (χ4v) is 4.56. The molecule has 8 nitrogen and oxygen atoms in total. The van der Waals surface area contributed by atoms with Crippen LogP contribution in [0.5, 0.6) is 17.2 Å². The fraction of sp³-hybridized carbons (Fsp3) is 0.381. The molecule has 0 spiro atoms. The highest BCUT2D eigenvalue weighted by molar-refractivity contribution is 7.92. The minimum absolute atomic E-state index is 0.236. The summed E-state index contributed by atoms with van der Waals surface area (Å²) in [5.41, 5.74) is 1.03.